The fourth-order valence-corrected chi connectivity index (χ4v) is 2.26. The number of fused-ring (bicyclic) bond motifs is 1. The maximum Gasteiger partial charge on any atom is 0.275 e. The lowest BCUT2D eigenvalue weighted by molar-refractivity contribution is -0.384. The lowest BCUT2D eigenvalue weighted by Gasteiger charge is -2.00. The van der Waals surface area contributed by atoms with E-state index in [9.17, 15) is 14.9 Å². The third-order valence-corrected chi connectivity index (χ3v) is 3.42. The number of hydrogen-bond acceptors (Lipinski definition) is 5. The van der Waals surface area contributed by atoms with Gasteiger partial charge in [0.05, 0.1) is 16.3 Å². The molecule has 0 fully saturated rings. The maximum atomic E-state index is 12.0. The topological polar surface area (TPSA) is 84.6 Å². The molecule has 0 atom stereocenters. The largest absolute Gasteiger partial charge is 0.320 e. The van der Waals surface area contributed by atoms with Gasteiger partial charge < -0.3 is 5.32 Å². The van der Waals surface area contributed by atoms with Crippen molar-refractivity contribution in [1.29, 1.82) is 0 Å². The number of thiol groups is 1. The molecule has 1 amide bonds. The van der Waals surface area contributed by atoms with Gasteiger partial charge in [-0.1, -0.05) is 12.1 Å². The van der Waals surface area contributed by atoms with Crippen LogP contribution in [0.3, 0.4) is 0 Å². The van der Waals surface area contributed by atoms with Crippen LogP contribution in [0.5, 0.6) is 0 Å². The molecule has 6 nitrogen and oxygen atoms in total. The van der Waals surface area contributed by atoms with Gasteiger partial charge in [0.2, 0.25) is 0 Å². The van der Waals surface area contributed by atoms with E-state index in [2.05, 4.69) is 22.9 Å². The first-order valence-electron chi connectivity index (χ1n) is 6.03. The highest BCUT2D eigenvalue weighted by atomic mass is 32.1. The van der Waals surface area contributed by atoms with Crippen molar-refractivity contribution in [1.82, 2.24) is 0 Å². The minimum Gasteiger partial charge on any atom is -0.320 e. The number of anilines is 1. The molecule has 2 aromatic rings. The number of nitro groups is 1. The van der Waals surface area contributed by atoms with Crippen LogP contribution in [0.1, 0.15) is 5.56 Å². The molecule has 2 aromatic carbocycles. The van der Waals surface area contributed by atoms with E-state index in [0.29, 0.717) is 21.8 Å². The number of carbonyl (C=O) groups excluding carboxylic acids is 1. The van der Waals surface area contributed by atoms with Crippen LogP contribution in [-0.4, -0.2) is 16.5 Å². The molecule has 1 aliphatic heterocycles. The van der Waals surface area contributed by atoms with Crippen molar-refractivity contribution in [2.24, 2.45) is 4.99 Å². The third kappa shape index (κ3) is 2.38. The number of benzene rings is 2. The van der Waals surface area contributed by atoms with Gasteiger partial charge in [-0.05, 0) is 18.2 Å². The molecule has 21 heavy (non-hydrogen) atoms. The Balaban J connectivity index is 2.14. The molecule has 0 saturated carbocycles. The second kappa shape index (κ2) is 5.02. The smallest absolute Gasteiger partial charge is 0.275 e. The van der Waals surface area contributed by atoms with Crippen molar-refractivity contribution in [3.63, 3.8) is 0 Å². The summed E-state index contributed by atoms with van der Waals surface area (Å²) >= 11 is 4.28. The van der Waals surface area contributed by atoms with Crippen LogP contribution in [0.2, 0.25) is 0 Å². The van der Waals surface area contributed by atoms with E-state index in [1.165, 1.54) is 18.2 Å². The molecule has 104 valence electrons. The second-order valence-corrected chi connectivity index (χ2v) is 4.87. The van der Waals surface area contributed by atoms with Crippen LogP contribution in [0.25, 0.3) is 0 Å². The van der Waals surface area contributed by atoms with Gasteiger partial charge >= 0.3 is 0 Å². The normalized spacial score (nSPS) is 14.9. The second-order valence-electron chi connectivity index (χ2n) is 4.39. The van der Waals surface area contributed by atoms with E-state index in [1.54, 1.807) is 24.3 Å². The fraction of sp³-hybridized carbons (Fsp3) is 0. The third-order valence-electron chi connectivity index (χ3n) is 3.05. The van der Waals surface area contributed by atoms with Crippen LogP contribution >= 0.6 is 12.6 Å². The Morgan fingerprint density at radius 1 is 1.19 bits per heavy atom. The Morgan fingerprint density at radius 3 is 2.67 bits per heavy atom. The van der Waals surface area contributed by atoms with Gasteiger partial charge in [-0.3, -0.25) is 14.9 Å². The average Bonchev–Trinajstić information content (AvgIpc) is 2.76. The maximum absolute atomic E-state index is 12.0. The predicted molar refractivity (Wildman–Crippen MR) is 81.6 cm³/mol. The molecular weight excluding hydrogens is 290 g/mol. The first-order valence-corrected chi connectivity index (χ1v) is 6.48. The minimum atomic E-state index is -0.507. The summed E-state index contributed by atoms with van der Waals surface area (Å²) in [7, 11) is 0. The van der Waals surface area contributed by atoms with Gasteiger partial charge in [0.1, 0.15) is 5.71 Å². The first kappa shape index (κ1) is 13.3. The molecule has 0 aliphatic carbocycles. The number of carbonyl (C=O) groups is 1. The van der Waals surface area contributed by atoms with Crippen molar-refractivity contribution in [3.05, 3.63) is 58.1 Å². The van der Waals surface area contributed by atoms with Crippen molar-refractivity contribution < 1.29 is 9.72 Å². The van der Waals surface area contributed by atoms with E-state index in [4.69, 9.17) is 0 Å². The summed E-state index contributed by atoms with van der Waals surface area (Å²) < 4.78 is 0. The molecule has 0 bridgehead atoms. The Morgan fingerprint density at radius 2 is 1.95 bits per heavy atom. The van der Waals surface area contributed by atoms with Gasteiger partial charge in [-0.2, -0.15) is 0 Å². The van der Waals surface area contributed by atoms with Crippen molar-refractivity contribution in [2.75, 3.05) is 5.32 Å². The number of nitrogens with zero attached hydrogens (tertiary/aromatic N) is 2. The molecule has 0 spiro atoms. The highest BCUT2D eigenvalue weighted by Crippen LogP contribution is 2.30. The highest BCUT2D eigenvalue weighted by molar-refractivity contribution is 7.80. The van der Waals surface area contributed by atoms with E-state index in [0.717, 1.165) is 0 Å². The summed E-state index contributed by atoms with van der Waals surface area (Å²) in [5.74, 6) is -0.387. The van der Waals surface area contributed by atoms with Gasteiger partial charge in [0.15, 0.2) is 0 Å². The summed E-state index contributed by atoms with van der Waals surface area (Å²) in [4.78, 5) is 27.2. The van der Waals surface area contributed by atoms with Crippen molar-refractivity contribution in [3.8, 4) is 0 Å². The van der Waals surface area contributed by atoms with Gasteiger partial charge in [-0.25, -0.2) is 4.99 Å². The zero-order valence-corrected chi connectivity index (χ0v) is 11.5. The number of nitrogens with one attached hydrogen (secondary N) is 1. The summed E-state index contributed by atoms with van der Waals surface area (Å²) in [6.45, 7) is 0. The van der Waals surface area contributed by atoms with Crippen molar-refractivity contribution in [2.45, 2.75) is 4.90 Å². The molecule has 1 aliphatic rings. The number of para-hydroxylation sites is 1. The lowest BCUT2D eigenvalue weighted by Crippen LogP contribution is -2.14. The summed E-state index contributed by atoms with van der Waals surface area (Å²) in [6, 6.07) is 11.2. The zero-order chi connectivity index (χ0) is 15.0. The summed E-state index contributed by atoms with van der Waals surface area (Å²) in [5, 5.41) is 13.5. The van der Waals surface area contributed by atoms with Crippen LogP contribution < -0.4 is 5.32 Å². The molecule has 3 rings (SSSR count). The number of non-ortho nitro benzene ring substituents is 1. The first-order chi connectivity index (χ1) is 10.1. The molecular formula is C14H9N3O3S. The average molecular weight is 299 g/mol. The highest BCUT2D eigenvalue weighted by Gasteiger charge is 2.28. The van der Waals surface area contributed by atoms with Crippen LogP contribution in [0.4, 0.5) is 17.1 Å². The molecule has 0 unspecified atom stereocenters. The van der Waals surface area contributed by atoms with Gasteiger partial charge in [0.25, 0.3) is 11.6 Å². The molecule has 7 heteroatoms. The summed E-state index contributed by atoms with van der Waals surface area (Å²) in [5.41, 5.74) is 1.53. The lowest BCUT2D eigenvalue weighted by atomic mass is 10.1. The van der Waals surface area contributed by atoms with E-state index >= 15 is 0 Å². The molecule has 1 heterocycles. The summed E-state index contributed by atoms with van der Waals surface area (Å²) in [6.07, 6.45) is 0. The number of nitro benzene ring substituents is 1. The Kier molecular flexibility index (Phi) is 3.19. The van der Waals surface area contributed by atoms with E-state index in [1.807, 2.05) is 0 Å². The number of aliphatic imine (C=N–C) groups is 1. The van der Waals surface area contributed by atoms with Crippen LogP contribution in [-0.2, 0) is 4.79 Å². The van der Waals surface area contributed by atoms with E-state index < -0.39 is 4.92 Å². The fourth-order valence-electron chi connectivity index (χ4n) is 2.04. The van der Waals surface area contributed by atoms with E-state index in [-0.39, 0.29) is 17.3 Å². The zero-order valence-electron chi connectivity index (χ0n) is 10.6. The monoisotopic (exact) mass is 299 g/mol. The Bertz CT molecular complexity index is 802. The van der Waals surface area contributed by atoms with Gasteiger partial charge in [0, 0.05) is 22.6 Å². The SMILES string of the molecule is O=C1Nc2ccc([N+](=O)[O-])cc2C1=Nc1ccccc1S. The number of amides is 1. The van der Waals surface area contributed by atoms with Crippen LogP contribution in [0, 0.1) is 10.1 Å². The molecule has 1 N–H and O–H groups in total. The van der Waals surface area contributed by atoms with Gasteiger partial charge in [-0.15, -0.1) is 12.6 Å². The number of hydrogen-bond donors (Lipinski definition) is 2. The predicted octanol–water partition coefficient (Wildman–Crippen LogP) is 2.96. The van der Waals surface area contributed by atoms with Crippen LogP contribution in [0.15, 0.2) is 52.4 Å². The van der Waals surface area contributed by atoms with Crippen molar-refractivity contribution >= 4 is 41.3 Å². The Labute approximate surface area is 125 Å². The quantitative estimate of drug-likeness (QED) is 0.508. The minimum absolute atomic E-state index is 0.0860. The Hall–Kier alpha value is -2.67. The molecule has 0 radical (unpaired) electrons. The molecule has 0 aromatic heterocycles. The number of rotatable bonds is 2. The standard InChI is InChI=1S/C14H9N3O3S/c18-14-13(15-11-3-1-2-4-12(11)21)9-7-8(17(19)20)5-6-10(9)16-14/h1-7,21H,(H,15,16,18). The molecule has 0 saturated heterocycles.